The smallest absolute Gasteiger partial charge is 0.330 e. The first-order valence-electron chi connectivity index (χ1n) is 9.64. The van der Waals surface area contributed by atoms with Crippen LogP contribution in [0.3, 0.4) is 0 Å². The van der Waals surface area contributed by atoms with Gasteiger partial charge in [-0.25, -0.2) is 4.79 Å². The Balaban J connectivity index is 1.84. The number of hydrogen-bond donors (Lipinski definition) is 3. The fourth-order valence-corrected chi connectivity index (χ4v) is 2.94. The van der Waals surface area contributed by atoms with Crippen LogP contribution in [0.4, 0.5) is 5.69 Å². The molecule has 0 fully saturated rings. The van der Waals surface area contributed by atoms with Crippen molar-refractivity contribution in [3.63, 3.8) is 0 Å². The van der Waals surface area contributed by atoms with E-state index in [1.165, 1.54) is 0 Å². The minimum absolute atomic E-state index is 0.0122. The summed E-state index contributed by atoms with van der Waals surface area (Å²) in [6.45, 7) is 0.152. The van der Waals surface area contributed by atoms with Gasteiger partial charge in [0.15, 0.2) is 6.04 Å². The number of nitriles is 1. The summed E-state index contributed by atoms with van der Waals surface area (Å²) >= 11 is 0. The molecule has 0 aromatic heterocycles. The lowest BCUT2D eigenvalue weighted by Crippen LogP contribution is -2.21. The molecule has 158 valence electrons. The largest absolute Gasteiger partial charge is 0.491 e. The summed E-state index contributed by atoms with van der Waals surface area (Å²) in [4.78, 5) is 12.0. The maximum atomic E-state index is 12.0. The second kappa shape index (κ2) is 10.7. The number of aliphatic hydroxyl groups excluding tert-OH is 1. The Kier molecular flexibility index (Phi) is 7.46. The van der Waals surface area contributed by atoms with E-state index in [4.69, 9.17) is 19.8 Å². The quantitative estimate of drug-likeness (QED) is 0.460. The Hall–Kier alpha value is -4.02. The molecule has 0 radical (unpaired) electrons. The van der Waals surface area contributed by atoms with Crippen LogP contribution < -0.4 is 14.8 Å². The number of carboxylic acid groups (broad SMARTS) is 1. The lowest BCUT2D eigenvalue weighted by molar-refractivity contribution is -0.138. The summed E-state index contributed by atoms with van der Waals surface area (Å²) in [7, 11) is 0. The predicted octanol–water partition coefficient (Wildman–Crippen LogP) is 3.75. The highest BCUT2D eigenvalue weighted by molar-refractivity contribution is 5.80. The van der Waals surface area contributed by atoms with Gasteiger partial charge in [0, 0.05) is 17.3 Å². The third-order valence-electron chi connectivity index (χ3n) is 4.47. The number of rotatable bonds is 10. The highest BCUT2D eigenvalue weighted by Gasteiger charge is 2.24. The molecule has 0 aliphatic heterocycles. The van der Waals surface area contributed by atoms with Crippen molar-refractivity contribution >= 4 is 11.7 Å². The average Bonchev–Trinajstić information content (AvgIpc) is 2.81. The molecule has 0 amide bonds. The van der Waals surface area contributed by atoms with E-state index in [0.717, 1.165) is 5.56 Å². The monoisotopic (exact) mass is 418 g/mol. The molecule has 0 saturated heterocycles. The predicted molar refractivity (Wildman–Crippen MR) is 115 cm³/mol. The number of aliphatic carboxylic acids is 1. The van der Waals surface area contributed by atoms with Crippen LogP contribution in [0.1, 0.15) is 22.7 Å². The first kappa shape index (κ1) is 21.7. The number of carbonyl (C=O) groups is 1. The zero-order chi connectivity index (χ0) is 22.1. The van der Waals surface area contributed by atoms with Crippen LogP contribution in [0, 0.1) is 11.3 Å². The van der Waals surface area contributed by atoms with Crippen LogP contribution >= 0.6 is 0 Å². The van der Waals surface area contributed by atoms with Crippen molar-refractivity contribution in [1.29, 1.82) is 5.26 Å². The van der Waals surface area contributed by atoms with E-state index in [-0.39, 0.29) is 13.2 Å². The van der Waals surface area contributed by atoms with Gasteiger partial charge >= 0.3 is 5.97 Å². The maximum Gasteiger partial charge on any atom is 0.330 e. The van der Waals surface area contributed by atoms with Gasteiger partial charge in [0.1, 0.15) is 24.7 Å². The van der Waals surface area contributed by atoms with E-state index >= 15 is 0 Å². The summed E-state index contributed by atoms with van der Waals surface area (Å²) in [6, 6.07) is 22.0. The van der Waals surface area contributed by atoms with Gasteiger partial charge < -0.3 is 25.0 Å². The molecule has 0 saturated carbocycles. The summed E-state index contributed by atoms with van der Waals surface area (Å²) < 4.78 is 11.4. The maximum absolute atomic E-state index is 12.0. The van der Waals surface area contributed by atoms with Crippen molar-refractivity contribution in [2.24, 2.45) is 0 Å². The Morgan fingerprint density at radius 2 is 1.77 bits per heavy atom. The van der Waals surface area contributed by atoms with Crippen molar-refractivity contribution in [2.75, 3.05) is 18.5 Å². The van der Waals surface area contributed by atoms with Gasteiger partial charge in [-0.2, -0.15) is 5.26 Å². The second-order valence-electron chi connectivity index (χ2n) is 6.65. The van der Waals surface area contributed by atoms with Crippen molar-refractivity contribution in [2.45, 2.75) is 12.6 Å². The molecule has 31 heavy (non-hydrogen) atoms. The third-order valence-corrected chi connectivity index (χ3v) is 4.47. The van der Waals surface area contributed by atoms with Gasteiger partial charge in [-0.1, -0.05) is 30.3 Å². The van der Waals surface area contributed by atoms with Crippen LogP contribution in [-0.2, 0) is 11.4 Å². The van der Waals surface area contributed by atoms with Gasteiger partial charge in [-0.15, -0.1) is 0 Å². The summed E-state index contributed by atoms with van der Waals surface area (Å²) in [5.41, 5.74) is 2.40. The normalized spacial score (nSPS) is 11.2. The molecule has 3 rings (SSSR count). The molecule has 0 aliphatic rings. The average molecular weight is 418 g/mol. The Labute approximate surface area is 180 Å². The first-order valence-corrected chi connectivity index (χ1v) is 9.64. The van der Waals surface area contributed by atoms with Crippen LogP contribution in [-0.4, -0.2) is 29.4 Å². The lowest BCUT2D eigenvalue weighted by atomic mass is 10.0. The molecule has 0 aliphatic carbocycles. The third kappa shape index (κ3) is 5.98. The number of anilines is 1. The zero-order valence-corrected chi connectivity index (χ0v) is 16.7. The Bertz CT molecular complexity index is 1050. The molecule has 3 N–H and O–H groups in total. The molecular formula is C24H22N2O5. The number of aliphatic hydroxyl groups is 1. The number of ether oxygens (including phenoxy) is 2. The molecule has 0 bridgehead atoms. The number of carboxylic acids is 1. The van der Waals surface area contributed by atoms with Crippen LogP contribution in [0.25, 0.3) is 0 Å². The lowest BCUT2D eigenvalue weighted by Gasteiger charge is -2.20. The zero-order valence-electron chi connectivity index (χ0n) is 16.7. The minimum Gasteiger partial charge on any atom is -0.491 e. The van der Waals surface area contributed by atoms with Crippen LogP contribution in [0.5, 0.6) is 11.5 Å². The molecular weight excluding hydrogens is 396 g/mol. The van der Waals surface area contributed by atoms with Crippen molar-refractivity contribution in [1.82, 2.24) is 0 Å². The molecule has 1 atom stereocenters. The second-order valence-corrected chi connectivity index (χ2v) is 6.65. The van der Waals surface area contributed by atoms with Crippen LogP contribution in [0.15, 0.2) is 72.8 Å². The molecule has 0 spiro atoms. The highest BCUT2D eigenvalue weighted by Crippen LogP contribution is 2.32. The summed E-state index contributed by atoms with van der Waals surface area (Å²) in [6.07, 6.45) is 0. The molecule has 0 heterocycles. The van der Waals surface area contributed by atoms with Crippen molar-refractivity contribution in [3.05, 3.63) is 89.5 Å². The van der Waals surface area contributed by atoms with E-state index in [2.05, 4.69) is 5.32 Å². The van der Waals surface area contributed by atoms with E-state index in [1.807, 2.05) is 36.4 Å². The van der Waals surface area contributed by atoms with Crippen molar-refractivity contribution in [3.8, 4) is 17.6 Å². The SMILES string of the molecule is N#Cc1ccc(NC(C(=O)O)c2ccc(OCc3ccccc3)cc2OCCO)cc1. The number of nitrogens with one attached hydrogen (secondary N) is 1. The van der Waals surface area contributed by atoms with Gasteiger partial charge in [-0.05, 0) is 42.0 Å². The molecule has 3 aromatic rings. The van der Waals surface area contributed by atoms with Gasteiger partial charge in [0.25, 0.3) is 0 Å². The fraction of sp³-hybridized carbons (Fsp3) is 0.167. The van der Waals surface area contributed by atoms with Crippen LogP contribution in [0.2, 0.25) is 0 Å². The van der Waals surface area contributed by atoms with E-state index in [9.17, 15) is 9.90 Å². The summed E-state index contributed by atoms with van der Waals surface area (Å²) in [5.74, 6) is -0.285. The van der Waals surface area contributed by atoms with E-state index in [0.29, 0.717) is 34.9 Å². The molecule has 3 aromatic carbocycles. The minimum atomic E-state index is -1.11. The fourth-order valence-electron chi connectivity index (χ4n) is 2.94. The Morgan fingerprint density at radius 1 is 1.03 bits per heavy atom. The number of nitrogens with zero attached hydrogens (tertiary/aromatic N) is 1. The van der Waals surface area contributed by atoms with Gasteiger partial charge in [0.2, 0.25) is 0 Å². The molecule has 7 nitrogen and oxygen atoms in total. The summed E-state index contributed by atoms with van der Waals surface area (Å²) in [5, 5.41) is 30.8. The molecule has 1 unspecified atom stereocenters. The highest BCUT2D eigenvalue weighted by atomic mass is 16.5. The van der Waals surface area contributed by atoms with Gasteiger partial charge in [-0.3, -0.25) is 0 Å². The van der Waals surface area contributed by atoms with E-state index in [1.54, 1.807) is 42.5 Å². The number of benzene rings is 3. The topological polar surface area (TPSA) is 112 Å². The Morgan fingerprint density at radius 3 is 2.42 bits per heavy atom. The molecule has 7 heteroatoms. The standard InChI is InChI=1S/C24H22N2O5/c25-15-17-6-8-19(9-7-17)26-23(24(28)29)21-11-10-20(14-22(21)30-13-12-27)31-16-18-4-2-1-3-5-18/h1-11,14,23,26-27H,12-13,16H2,(H,28,29). The van der Waals surface area contributed by atoms with E-state index < -0.39 is 12.0 Å². The van der Waals surface area contributed by atoms with Crippen molar-refractivity contribution < 1.29 is 24.5 Å². The van der Waals surface area contributed by atoms with Gasteiger partial charge in [0.05, 0.1) is 18.2 Å². The first-order chi connectivity index (χ1) is 15.1. The number of hydrogen-bond acceptors (Lipinski definition) is 6.